The Labute approximate surface area is 197 Å². The van der Waals surface area contributed by atoms with E-state index in [-0.39, 0.29) is 11.9 Å². The maximum absolute atomic E-state index is 13.6. The zero-order valence-electron chi connectivity index (χ0n) is 19.9. The van der Waals surface area contributed by atoms with Crippen molar-refractivity contribution in [1.29, 1.82) is 0 Å². The molecule has 1 amide bonds. The summed E-state index contributed by atoms with van der Waals surface area (Å²) in [5.74, 6) is 0.0368. The standard InChI is InChI=1S/C24H28FN7O2/c1-15(12-30(5)23(33)34-24(2,3)4)31-14-27-21(16-6-8-17(25)9-7-16)22(31)18-10-11-20-28-19(26)13-32(20)29-18/h6-11,13-15H,12,26H2,1-5H3. The number of rotatable bonds is 5. The van der Waals surface area contributed by atoms with Gasteiger partial charge in [0.05, 0.1) is 30.0 Å². The van der Waals surface area contributed by atoms with Crippen molar-refractivity contribution in [2.45, 2.75) is 39.3 Å². The first-order valence-corrected chi connectivity index (χ1v) is 10.9. The van der Waals surface area contributed by atoms with Crippen LogP contribution in [-0.4, -0.2) is 54.3 Å². The number of likely N-dealkylation sites (N-methyl/N-ethyl adjacent to an activating group) is 1. The van der Waals surface area contributed by atoms with Crippen LogP contribution in [-0.2, 0) is 4.74 Å². The average Bonchev–Trinajstić information content (AvgIpc) is 3.35. The molecule has 0 saturated carbocycles. The van der Waals surface area contributed by atoms with Crippen LogP contribution in [0.4, 0.5) is 15.0 Å². The molecule has 2 N–H and O–H groups in total. The summed E-state index contributed by atoms with van der Waals surface area (Å²) in [5, 5.41) is 4.68. The summed E-state index contributed by atoms with van der Waals surface area (Å²) in [5.41, 5.74) is 8.61. The number of nitrogen functional groups attached to an aromatic ring is 1. The zero-order valence-corrected chi connectivity index (χ0v) is 19.9. The van der Waals surface area contributed by atoms with Gasteiger partial charge in [-0.2, -0.15) is 5.10 Å². The Morgan fingerprint density at radius 3 is 2.59 bits per heavy atom. The largest absolute Gasteiger partial charge is 0.444 e. The Morgan fingerprint density at radius 1 is 1.21 bits per heavy atom. The summed E-state index contributed by atoms with van der Waals surface area (Å²) in [4.78, 5) is 22.9. The van der Waals surface area contributed by atoms with E-state index in [1.54, 1.807) is 36.2 Å². The molecule has 0 spiro atoms. The Balaban J connectivity index is 1.75. The molecule has 4 aromatic rings. The highest BCUT2D eigenvalue weighted by atomic mass is 19.1. The molecule has 0 aliphatic rings. The number of benzene rings is 1. The number of anilines is 1. The highest BCUT2D eigenvalue weighted by Crippen LogP contribution is 2.33. The summed E-state index contributed by atoms with van der Waals surface area (Å²) in [6.45, 7) is 7.84. The minimum atomic E-state index is -0.587. The van der Waals surface area contributed by atoms with Crippen LogP contribution in [0.2, 0.25) is 0 Å². The van der Waals surface area contributed by atoms with E-state index in [1.165, 1.54) is 17.0 Å². The molecular formula is C24H28FN7O2. The lowest BCUT2D eigenvalue weighted by Gasteiger charge is -2.27. The Hall–Kier alpha value is -3.95. The molecule has 0 aliphatic heterocycles. The van der Waals surface area contributed by atoms with E-state index in [4.69, 9.17) is 10.5 Å². The van der Waals surface area contributed by atoms with E-state index in [2.05, 4.69) is 15.1 Å². The Bertz CT molecular complexity index is 1320. The fourth-order valence-corrected chi connectivity index (χ4v) is 3.69. The Morgan fingerprint density at radius 2 is 1.91 bits per heavy atom. The van der Waals surface area contributed by atoms with E-state index in [9.17, 15) is 9.18 Å². The molecular weight excluding hydrogens is 437 g/mol. The maximum Gasteiger partial charge on any atom is 0.410 e. The number of imidazole rings is 2. The summed E-state index contributed by atoms with van der Waals surface area (Å²) < 4.78 is 22.6. The zero-order chi connectivity index (χ0) is 24.6. The van der Waals surface area contributed by atoms with Gasteiger partial charge in [-0.3, -0.25) is 0 Å². The van der Waals surface area contributed by atoms with Gasteiger partial charge in [-0.15, -0.1) is 0 Å². The quantitative estimate of drug-likeness (QED) is 0.468. The lowest BCUT2D eigenvalue weighted by molar-refractivity contribution is 0.0280. The lowest BCUT2D eigenvalue weighted by Crippen LogP contribution is -2.37. The van der Waals surface area contributed by atoms with E-state index in [1.807, 2.05) is 44.4 Å². The average molecular weight is 466 g/mol. The van der Waals surface area contributed by atoms with Gasteiger partial charge in [0.1, 0.15) is 22.9 Å². The molecule has 4 rings (SSSR count). The van der Waals surface area contributed by atoms with Gasteiger partial charge >= 0.3 is 6.09 Å². The first-order chi connectivity index (χ1) is 16.0. The van der Waals surface area contributed by atoms with Crippen LogP contribution in [0.25, 0.3) is 28.3 Å². The van der Waals surface area contributed by atoms with Crippen LogP contribution in [0.1, 0.15) is 33.7 Å². The van der Waals surface area contributed by atoms with Crippen LogP contribution in [0.3, 0.4) is 0 Å². The summed E-state index contributed by atoms with van der Waals surface area (Å²) >= 11 is 0. The molecule has 9 nitrogen and oxygen atoms in total. The minimum Gasteiger partial charge on any atom is -0.444 e. The van der Waals surface area contributed by atoms with Crippen LogP contribution in [0, 0.1) is 5.82 Å². The molecule has 0 bridgehead atoms. The van der Waals surface area contributed by atoms with Crippen LogP contribution in [0.15, 0.2) is 48.9 Å². The third-order valence-corrected chi connectivity index (χ3v) is 5.21. The molecule has 0 aliphatic carbocycles. The van der Waals surface area contributed by atoms with Gasteiger partial charge in [-0.1, -0.05) is 0 Å². The second-order valence-corrected chi connectivity index (χ2v) is 9.25. The fourth-order valence-electron chi connectivity index (χ4n) is 3.69. The van der Waals surface area contributed by atoms with Gasteiger partial charge in [0, 0.05) is 19.2 Å². The van der Waals surface area contributed by atoms with Crippen molar-refractivity contribution < 1.29 is 13.9 Å². The number of nitrogens with zero attached hydrogens (tertiary/aromatic N) is 6. The number of hydrogen-bond donors (Lipinski definition) is 1. The summed E-state index contributed by atoms with van der Waals surface area (Å²) in [7, 11) is 1.70. The second-order valence-electron chi connectivity index (χ2n) is 9.25. The highest BCUT2D eigenvalue weighted by molar-refractivity contribution is 5.77. The number of amides is 1. The topological polar surface area (TPSA) is 104 Å². The number of carbonyl (C=O) groups excluding carboxylic acids is 1. The number of nitrogens with two attached hydrogens (primary N) is 1. The number of carbonyl (C=O) groups is 1. The molecule has 1 atom stereocenters. The smallest absolute Gasteiger partial charge is 0.410 e. The molecule has 10 heteroatoms. The van der Waals surface area contributed by atoms with Crippen molar-refractivity contribution in [3.05, 3.63) is 54.7 Å². The highest BCUT2D eigenvalue weighted by Gasteiger charge is 2.24. The van der Waals surface area contributed by atoms with Crippen molar-refractivity contribution in [2.75, 3.05) is 19.3 Å². The number of ether oxygens (including phenoxy) is 1. The molecule has 178 valence electrons. The summed E-state index contributed by atoms with van der Waals surface area (Å²) in [6.07, 6.45) is 2.93. The fraction of sp³-hybridized carbons (Fsp3) is 0.333. The van der Waals surface area contributed by atoms with Gasteiger partial charge in [0.2, 0.25) is 0 Å². The van der Waals surface area contributed by atoms with Gasteiger partial charge in [0.15, 0.2) is 5.65 Å². The molecule has 3 aromatic heterocycles. The second kappa shape index (κ2) is 8.77. The molecule has 0 saturated heterocycles. The van der Waals surface area contributed by atoms with Crippen LogP contribution < -0.4 is 5.73 Å². The number of aromatic nitrogens is 5. The molecule has 3 heterocycles. The van der Waals surface area contributed by atoms with Crippen molar-refractivity contribution >= 4 is 17.6 Å². The van der Waals surface area contributed by atoms with Gasteiger partial charge in [-0.05, 0) is 64.1 Å². The van der Waals surface area contributed by atoms with Gasteiger partial charge < -0.3 is 19.9 Å². The molecule has 1 aromatic carbocycles. The monoisotopic (exact) mass is 465 g/mol. The first kappa shape index (κ1) is 23.2. The normalized spacial score (nSPS) is 12.6. The van der Waals surface area contributed by atoms with Crippen LogP contribution >= 0.6 is 0 Å². The number of halogens is 1. The predicted molar refractivity (Wildman–Crippen MR) is 128 cm³/mol. The molecule has 1 unspecified atom stereocenters. The third kappa shape index (κ3) is 4.85. The maximum atomic E-state index is 13.6. The van der Waals surface area contributed by atoms with Gasteiger partial charge in [-0.25, -0.2) is 23.7 Å². The van der Waals surface area contributed by atoms with Crippen molar-refractivity contribution in [2.24, 2.45) is 0 Å². The molecule has 34 heavy (non-hydrogen) atoms. The van der Waals surface area contributed by atoms with Gasteiger partial charge in [0.25, 0.3) is 0 Å². The van der Waals surface area contributed by atoms with Crippen molar-refractivity contribution in [3.63, 3.8) is 0 Å². The lowest BCUT2D eigenvalue weighted by atomic mass is 10.1. The van der Waals surface area contributed by atoms with E-state index in [0.717, 1.165) is 11.3 Å². The van der Waals surface area contributed by atoms with E-state index >= 15 is 0 Å². The van der Waals surface area contributed by atoms with E-state index in [0.29, 0.717) is 29.4 Å². The molecule has 0 fully saturated rings. The SMILES string of the molecule is CC(CN(C)C(=O)OC(C)(C)C)n1cnc(-c2ccc(F)cc2)c1-c1ccc2nc(N)cn2n1. The van der Waals surface area contributed by atoms with Crippen molar-refractivity contribution in [3.8, 4) is 22.6 Å². The van der Waals surface area contributed by atoms with E-state index < -0.39 is 11.7 Å². The Kier molecular flexibility index (Phi) is 5.99. The third-order valence-electron chi connectivity index (χ3n) is 5.21. The summed E-state index contributed by atoms with van der Waals surface area (Å²) in [6, 6.07) is 9.64. The minimum absolute atomic E-state index is 0.167. The van der Waals surface area contributed by atoms with Crippen LogP contribution in [0.5, 0.6) is 0 Å². The number of fused-ring (bicyclic) bond motifs is 1. The predicted octanol–water partition coefficient (Wildman–Crippen LogP) is 4.41. The van der Waals surface area contributed by atoms with Crippen molar-refractivity contribution in [1.82, 2.24) is 29.0 Å². The number of hydrogen-bond acceptors (Lipinski definition) is 6. The molecule has 0 radical (unpaired) electrons. The first-order valence-electron chi connectivity index (χ1n) is 10.9.